The minimum Gasteiger partial charge on any atom is -0.322 e. The van der Waals surface area contributed by atoms with E-state index in [9.17, 15) is 24.5 Å². The number of hydrogen-bond acceptors (Lipinski definition) is 6. The summed E-state index contributed by atoms with van der Waals surface area (Å²) in [6, 6.07) is 19.5. The zero-order valence-electron chi connectivity index (χ0n) is 18.7. The summed E-state index contributed by atoms with van der Waals surface area (Å²) < 4.78 is 0. The number of nitro benzene ring substituents is 1. The fourth-order valence-corrected chi connectivity index (χ4v) is 3.92. The number of aryl methyl sites for hydroxylation is 1. The van der Waals surface area contributed by atoms with E-state index in [0.29, 0.717) is 11.3 Å². The smallest absolute Gasteiger partial charge is 0.269 e. The fourth-order valence-electron chi connectivity index (χ4n) is 3.92. The summed E-state index contributed by atoms with van der Waals surface area (Å²) in [5, 5.41) is 20.0. The number of amides is 3. The van der Waals surface area contributed by atoms with Crippen molar-refractivity contribution in [2.45, 2.75) is 25.9 Å². The number of hydrogen-bond donors (Lipinski definition) is 0. The summed E-state index contributed by atoms with van der Waals surface area (Å²) in [6.45, 7) is 2.00. The van der Waals surface area contributed by atoms with Gasteiger partial charge in [-0.25, -0.2) is 4.90 Å². The summed E-state index contributed by atoms with van der Waals surface area (Å²) >= 11 is 0. The van der Waals surface area contributed by atoms with Gasteiger partial charge in [-0.15, -0.1) is 0 Å². The predicted molar refractivity (Wildman–Crippen MR) is 126 cm³/mol. The Labute approximate surface area is 201 Å². The topological polar surface area (TPSA) is 125 Å². The first-order valence-corrected chi connectivity index (χ1v) is 10.8. The van der Waals surface area contributed by atoms with Crippen molar-refractivity contribution in [1.82, 2.24) is 4.90 Å². The number of anilines is 1. The van der Waals surface area contributed by atoms with Crippen LogP contribution in [0.25, 0.3) is 0 Å². The average molecular weight is 468 g/mol. The van der Waals surface area contributed by atoms with Gasteiger partial charge in [-0.05, 0) is 48.9 Å². The third kappa shape index (κ3) is 4.77. The van der Waals surface area contributed by atoms with Crippen molar-refractivity contribution in [3.05, 3.63) is 105 Å². The van der Waals surface area contributed by atoms with Gasteiger partial charge in [0.1, 0.15) is 6.04 Å². The van der Waals surface area contributed by atoms with E-state index in [4.69, 9.17) is 5.26 Å². The first kappa shape index (κ1) is 23.3. The summed E-state index contributed by atoms with van der Waals surface area (Å²) in [4.78, 5) is 52.5. The normalized spacial score (nSPS) is 15.1. The molecular weight excluding hydrogens is 448 g/mol. The van der Waals surface area contributed by atoms with Crippen LogP contribution >= 0.6 is 0 Å². The van der Waals surface area contributed by atoms with Gasteiger partial charge in [-0.3, -0.25) is 24.5 Å². The van der Waals surface area contributed by atoms with Gasteiger partial charge in [0.25, 0.3) is 17.5 Å². The lowest BCUT2D eigenvalue weighted by atomic mass is 10.1. The van der Waals surface area contributed by atoms with Gasteiger partial charge in [0.2, 0.25) is 5.91 Å². The zero-order chi connectivity index (χ0) is 25.1. The first-order chi connectivity index (χ1) is 16.8. The van der Waals surface area contributed by atoms with Crippen LogP contribution in [0.3, 0.4) is 0 Å². The Morgan fingerprint density at radius 2 is 1.69 bits per heavy atom. The minimum atomic E-state index is -1.05. The summed E-state index contributed by atoms with van der Waals surface area (Å²) in [5.74, 6) is -1.54. The van der Waals surface area contributed by atoms with Crippen molar-refractivity contribution in [1.29, 1.82) is 5.26 Å². The third-order valence-electron chi connectivity index (χ3n) is 5.81. The molecule has 35 heavy (non-hydrogen) atoms. The van der Waals surface area contributed by atoms with Crippen molar-refractivity contribution in [3.8, 4) is 6.07 Å². The molecule has 3 aromatic carbocycles. The van der Waals surface area contributed by atoms with Crippen molar-refractivity contribution in [2.24, 2.45) is 0 Å². The van der Waals surface area contributed by atoms with E-state index in [1.54, 1.807) is 0 Å². The monoisotopic (exact) mass is 468 g/mol. The van der Waals surface area contributed by atoms with Crippen LogP contribution < -0.4 is 4.90 Å². The number of nitro groups is 1. The molecular formula is C26H20N4O5. The maximum atomic E-state index is 13.5. The second kappa shape index (κ2) is 9.57. The maximum absolute atomic E-state index is 13.5. The molecule has 1 aliphatic heterocycles. The molecule has 1 aliphatic rings. The molecule has 1 saturated heterocycles. The lowest BCUT2D eigenvalue weighted by Gasteiger charge is -2.28. The summed E-state index contributed by atoms with van der Waals surface area (Å²) in [7, 11) is 0. The Morgan fingerprint density at radius 3 is 2.26 bits per heavy atom. The van der Waals surface area contributed by atoms with Gasteiger partial charge < -0.3 is 4.90 Å². The fraction of sp³-hybridized carbons (Fsp3) is 0.154. The molecule has 1 atom stereocenters. The molecule has 9 heteroatoms. The Hall–Kier alpha value is -4.84. The molecule has 0 bridgehead atoms. The lowest BCUT2D eigenvalue weighted by molar-refractivity contribution is -0.384. The number of non-ortho nitro benzene ring substituents is 1. The van der Waals surface area contributed by atoms with Gasteiger partial charge >= 0.3 is 0 Å². The van der Waals surface area contributed by atoms with E-state index in [-0.39, 0.29) is 24.2 Å². The van der Waals surface area contributed by atoms with Crippen molar-refractivity contribution in [3.63, 3.8) is 0 Å². The van der Waals surface area contributed by atoms with Gasteiger partial charge in [0.05, 0.1) is 28.7 Å². The highest BCUT2D eigenvalue weighted by Gasteiger charge is 2.44. The number of nitrogens with zero attached hydrogens (tertiary/aromatic N) is 4. The average Bonchev–Trinajstić information content (AvgIpc) is 3.16. The molecule has 0 aliphatic carbocycles. The first-order valence-electron chi connectivity index (χ1n) is 10.8. The number of carbonyl (C=O) groups excluding carboxylic acids is 3. The van der Waals surface area contributed by atoms with Gasteiger partial charge in [0.15, 0.2) is 0 Å². The van der Waals surface area contributed by atoms with Crippen LogP contribution in [0.4, 0.5) is 11.4 Å². The van der Waals surface area contributed by atoms with Crippen LogP contribution in [0, 0.1) is 28.4 Å². The molecule has 9 nitrogen and oxygen atoms in total. The molecule has 174 valence electrons. The molecule has 3 aromatic rings. The highest BCUT2D eigenvalue weighted by Crippen LogP contribution is 2.28. The van der Waals surface area contributed by atoms with Crippen LogP contribution in [0.15, 0.2) is 72.8 Å². The van der Waals surface area contributed by atoms with E-state index < -0.39 is 28.7 Å². The number of benzene rings is 3. The molecule has 4 rings (SSSR count). The third-order valence-corrected chi connectivity index (χ3v) is 5.81. The number of imide groups is 1. The number of carbonyl (C=O) groups is 3. The van der Waals surface area contributed by atoms with E-state index in [2.05, 4.69) is 0 Å². The number of rotatable bonds is 6. The van der Waals surface area contributed by atoms with Crippen molar-refractivity contribution in [2.75, 3.05) is 4.90 Å². The van der Waals surface area contributed by atoms with Crippen LogP contribution in [0.5, 0.6) is 0 Å². The van der Waals surface area contributed by atoms with E-state index >= 15 is 0 Å². The largest absolute Gasteiger partial charge is 0.322 e. The molecule has 0 aromatic heterocycles. The molecule has 1 heterocycles. The Morgan fingerprint density at radius 1 is 1.06 bits per heavy atom. The molecule has 0 radical (unpaired) electrons. The Kier molecular flexibility index (Phi) is 6.38. The summed E-state index contributed by atoms with van der Waals surface area (Å²) in [5.41, 5.74) is 2.51. The lowest BCUT2D eigenvalue weighted by Crippen LogP contribution is -2.45. The highest BCUT2D eigenvalue weighted by atomic mass is 16.6. The van der Waals surface area contributed by atoms with Gasteiger partial charge in [0, 0.05) is 24.2 Å². The maximum Gasteiger partial charge on any atom is 0.269 e. The standard InChI is InChI=1S/C26H20N4O5/c1-17-2-4-19(5-3-17)16-28(25(32)20-8-12-22(13-9-20)30(34)35)23-14-24(31)29(26(23)33)21-10-6-18(15-27)7-11-21/h2-13,23H,14,16H2,1H3. The Balaban J connectivity index is 1.68. The second-order valence-corrected chi connectivity index (χ2v) is 8.17. The molecule has 0 N–H and O–H groups in total. The van der Waals surface area contributed by atoms with Gasteiger partial charge in [-0.1, -0.05) is 29.8 Å². The SMILES string of the molecule is Cc1ccc(CN(C(=O)c2ccc([N+](=O)[O-])cc2)C2CC(=O)N(c3ccc(C#N)cc3)C2=O)cc1. The summed E-state index contributed by atoms with van der Waals surface area (Å²) in [6.07, 6.45) is -0.205. The molecule has 0 spiro atoms. The van der Waals surface area contributed by atoms with Gasteiger partial charge in [-0.2, -0.15) is 5.26 Å². The minimum absolute atomic E-state index is 0.0704. The van der Waals surface area contributed by atoms with Crippen LogP contribution in [0.2, 0.25) is 0 Å². The molecule has 1 unspecified atom stereocenters. The second-order valence-electron chi connectivity index (χ2n) is 8.17. The van der Waals surface area contributed by atoms with Crippen LogP contribution in [-0.2, 0) is 16.1 Å². The molecule has 0 saturated carbocycles. The highest BCUT2D eigenvalue weighted by molar-refractivity contribution is 6.23. The van der Waals surface area contributed by atoms with Crippen LogP contribution in [0.1, 0.15) is 33.5 Å². The number of nitriles is 1. The zero-order valence-corrected chi connectivity index (χ0v) is 18.7. The van der Waals surface area contributed by atoms with E-state index in [0.717, 1.165) is 16.0 Å². The Bertz CT molecular complexity index is 1340. The molecule has 1 fully saturated rings. The predicted octanol–water partition coefficient (Wildman–Crippen LogP) is 3.75. The quantitative estimate of drug-likeness (QED) is 0.308. The molecule has 3 amide bonds. The van der Waals surface area contributed by atoms with Crippen LogP contribution in [-0.4, -0.2) is 33.6 Å². The van der Waals surface area contributed by atoms with E-state index in [1.807, 2.05) is 37.3 Å². The van der Waals surface area contributed by atoms with Crippen molar-refractivity contribution >= 4 is 29.1 Å². The van der Waals surface area contributed by atoms with E-state index in [1.165, 1.54) is 53.4 Å². The van der Waals surface area contributed by atoms with Crippen molar-refractivity contribution < 1.29 is 19.3 Å².